The fourth-order valence-corrected chi connectivity index (χ4v) is 3.53. The van der Waals surface area contributed by atoms with Gasteiger partial charge in [-0.15, -0.1) is 0 Å². The van der Waals surface area contributed by atoms with E-state index in [9.17, 15) is 8.78 Å². The van der Waals surface area contributed by atoms with Crippen LogP contribution >= 0.6 is 15.9 Å². The molecule has 0 aromatic heterocycles. The minimum atomic E-state index is -3.26. The van der Waals surface area contributed by atoms with E-state index in [-0.39, 0.29) is 12.4 Å². The second-order valence-electron chi connectivity index (χ2n) is 6.46. The van der Waals surface area contributed by atoms with Gasteiger partial charge in [-0.05, 0) is 39.2 Å². The Labute approximate surface area is 171 Å². The molecule has 1 heterocycles. The van der Waals surface area contributed by atoms with Gasteiger partial charge in [-0.2, -0.15) is 8.78 Å². The average molecular weight is 439 g/mol. The molecule has 5 heteroatoms. The molecule has 0 unspecified atom stereocenters. The molecular weight excluding hydrogens is 422 g/mol. The third-order valence-electron chi connectivity index (χ3n) is 4.49. The van der Waals surface area contributed by atoms with Gasteiger partial charge in [0.25, 0.3) is 0 Å². The van der Waals surface area contributed by atoms with Crippen molar-refractivity contribution < 1.29 is 8.78 Å². The highest BCUT2D eigenvalue weighted by atomic mass is 79.9. The zero-order valence-corrected chi connectivity index (χ0v) is 16.5. The lowest BCUT2D eigenvalue weighted by Crippen LogP contribution is -2.40. The van der Waals surface area contributed by atoms with Crippen LogP contribution in [0.3, 0.4) is 0 Å². The molecule has 3 aromatic carbocycles. The molecule has 0 fully saturated rings. The molecule has 0 aliphatic carbocycles. The Morgan fingerprint density at radius 3 is 2.14 bits per heavy atom. The zero-order chi connectivity index (χ0) is 19.6. The van der Waals surface area contributed by atoms with Crippen molar-refractivity contribution in [3.05, 3.63) is 102 Å². The van der Waals surface area contributed by atoms with Gasteiger partial charge in [0.15, 0.2) is 5.84 Å². The molecule has 1 aliphatic heterocycles. The predicted molar refractivity (Wildman–Crippen MR) is 114 cm³/mol. The number of aliphatic imine (C=N–C) groups is 1. The van der Waals surface area contributed by atoms with Gasteiger partial charge < -0.3 is 4.90 Å². The number of amidine groups is 1. The molecule has 1 aliphatic rings. The smallest absolute Gasteiger partial charge is 0.319 e. The van der Waals surface area contributed by atoms with Crippen LogP contribution in [0.2, 0.25) is 0 Å². The monoisotopic (exact) mass is 438 g/mol. The van der Waals surface area contributed by atoms with Gasteiger partial charge in [0, 0.05) is 12.1 Å². The first kappa shape index (κ1) is 18.6. The van der Waals surface area contributed by atoms with Gasteiger partial charge in [0.05, 0.1) is 11.4 Å². The van der Waals surface area contributed by atoms with Crippen LogP contribution in [-0.2, 0) is 6.54 Å². The van der Waals surface area contributed by atoms with Gasteiger partial charge >= 0.3 is 4.83 Å². The summed E-state index contributed by atoms with van der Waals surface area (Å²) in [5.74, 6) is -0.322. The largest absolute Gasteiger partial charge is 0.358 e. The molecule has 0 saturated heterocycles. The first-order valence-corrected chi connectivity index (χ1v) is 9.65. The van der Waals surface area contributed by atoms with Gasteiger partial charge in [-0.3, -0.25) is 0 Å². The van der Waals surface area contributed by atoms with Gasteiger partial charge in [-0.1, -0.05) is 78.9 Å². The zero-order valence-electron chi connectivity index (χ0n) is 14.9. The normalized spacial score (nSPS) is 15.3. The Kier molecular flexibility index (Phi) is 5.09. The van der Waals surface area contributed by atoms with E-state index in [0.717, 1.165) is 16.7 Å². The maximum atomic E-state index is 14.5. The van der Waals surface area contributed by atoms with Crippen LogP contribution in [0.4, 0.5) is 14.5 Å². The molecule has 2 nitrogen and oxygen atoms in total. The van der Waals surface area contributed by atoms with E-state index in [4.69, 9.17) is 0 Å². The molecule has 0 atom stereocenters. The van der Waals surface area contributed by atoms with Crippen molar-refractivity contribution in [2.45, 2.75) is 11.4 Å². The molecule has 0 amide bonds. The van der Waals surface area contributed by atoms with Gasteiger partial charge in [0.2, 0.25) is 0 Å². The SMILES string of the molecule is FC(F)(Br)C1=Nc2ccccc2/C(=C/c2ccccc2)N1Cc1ccccc1. The predicted octanol–water partition coefficient (Wildman–Crippen LogP) is 6.72. The quantitative estimate of drug-likeness (QED) is 0.412. The third-order valence-corrected chi connectivity index (χ3v) is 4.85. The van der Waals surface area contributed by atoms with E-state index in [1.54, 1.807) is 17.0 Å². The summed E-state index contributed by atoms with van der Waals surface area (Å²) in [5, 5.41) is 0. The van der Waals surface area contributed by atoms with Crippen molar-refractivity contribution in [3.8, 4) is 0 Å². The molecule has 140 valence electrons. The number of halogens is 3. The van der Waals surface area contributed by atoms with Gasteiger partial charge in [0.1, 0.15) is 0 Å². The Hall–Kier alpha value is -2.79. The van der Waals surface area contributed by atoms with Crippen molar-refractivity contribution in [3.63, 3.8) is 0 Å². The number of hydrogen-bond acceptors (Lipinski definition) is 2. The Balaban J connectivity index is 1.90. The second-order valence-corrected chi connectivity index (χ2v) is 7.46. The minimum absolute atomic E-state index is 0.286. The number of rotatable bonds is 4. The Bertz CT molecular complexity index is 1030. The Morgan fingerprint density at radius 2 is 1.46 bits per heavy atom. The number of para-hydroxylation sites is 1. The minimum Gasteiger partial charge on any atom is -0.319 e. The number of benzene rings is 3. The highest BCUT2D eigenvalue weighted by molar-refractivity contribution is 9.10. The summed E-state index contributed by atoms with van der Waals surface area (Å²) in [6, 6.07) is 26.6. The van der Waals surface area contributed by atoms with Crippen molar-refractivity contribution in [2.75, 3.05) is 0 Å². The van der Waals surface area contributed by atoms with Crippen LogP contribution < -0.4 is 0 Å². The molecule has 0 N–H and O–H groups in total. The summed E-state index contributed by atoms with van der Waals surface area (Å²) in [6.07, 6.45) is 1.93. The van der Waals surface area contributed by atoms with E-state index in [0.29, 0.717) is 11.4 Å². The molecule has 28 heavy (non-hydrogen) atoms. The first-order valence-electron chi connectivity index (χ1n) is 8.86. The maximum Gasteiger partial charge on any atom is 0.358 e. The second kappa shape index (κ2) is 7.68. The third kappa shape index (κ3) is 3.90. The highest BCUT2D eigenvalue weighted by Crippen LogP contribution is 2.41. The molecule has 4 rings (SSSR count). The van der Waals surface area contributed by atoms with Crippen molar-refractivity contribution in [1.82, 2.24) is 4.90 Å². The molecule has 0 spiro atoms. The number of nitrogens with zero attached hydrogens (tertiary/aromatic N) is 2. The fourth-order valence-electron chi connectivity index (χ4n) is 3.23. The molecule has 0 saturated carbocycles. The van der Waals surface area contributed by atoms with Crippen molar-refractivity contribution >= 4 is 39.2 Å². The van der Waals surface area contributed by atoms with E-state index in [2.05, 4.69) is 20.9 Å². The van der Waals surface area contributed by atoms with Gasteiger partial charge in [-0.25, -0.2) is 4.99 Å². The van der Waals surface area contributed by atoms with Crippen LogP contribution in [0.5, 0.6) is 0 Å². The summed E-state index contributed by atoms with van der Waals surface area (Å²) in [4.78, 5) is 2.61. The summed E-state index contributed by atoms with van der Waals surface area (Å²) >= 11 is 2.53. The van der Waals surface area contributed by atoms with Crippen LogP contribution in [0.15, 0.2) is 89.9 Å². The van der Waals surface area contributed by atoms with Crippen LogP contribution in [0.1, 0.15) is 16.7 Å². The lowest BCUT2D eigenvalue weighted by Gasteiger charge is -2.34. The number of fused-ring (bicyclic) bond motifs is 1. The lowest BCUT2D eigenvalue weighted by atomic mass is 10.0. The van der Waals surface area contributed by atoms with Crippen LogP contribution in [-0.4, -0.2) is 15.6 Å². The summed E-state index contributed by atoms with van der Waals surface area (Å²) in [5.41, 5.74) is 3.90. The van der Waals surface area contributed by atoms with E-state index in [1.165, 1.54) is 0 Å². The maximum absolute atomic E-state index is 14.5. The van der Waals surface area contributed by atoms with Crippen molar-refractivity contribution in [1.29, 1.82) is 0 Å². The average Bonchev–Trinajstić information content (AvgIpc) is 2.70. The highest BCUT2D eigenvalue weighted by Gasteiger charge is 2.40. The van der Waals surface area contributed by atoms with E-state index in [1.807, 2.05) is 78.9 Å². The molecule has 3 aromatic rings. The Morgan fingerprint density at radius 1 is 0.857 bits per heavy atom. The van der Waals surface area contributed by atoms with E-state index >= 15 is 0 Å². The van der Waals surface area contributed by atoms with Crippen LogP contribution in [0, 0.1) is 0 Å². The standard InChI is InChI=1S/C23H17BrF2N2/c24-23(25,26)22-27-20-14-8-7-13-19(20)21(15-17-9-3-1-4-10-17)28(22)16-18-11-5-2-6-12-18/h1-15H,16H2/b21-15-. The summed E-state index contributed by atoms with van der Waals surface area (Å²) < 4.78 is 29.0. The first-order chi connectivity index (χ1) is 13.5. The molecule has 0 radical (unpaired) electrons. The molecule has 0 bridgehead atoms. The van der Waals surface area contributed by atoms with Crippen LogP contribution in [0.25, 0.3) is 11.8 Å². The topological polar surface area (TPSA) is 15.6 Å². The summed E-state index contributed by atoms with van der Waals surface area (Å²) in [6.45, 7) is 0.286. The summed E-state index contributed by atoms with van der Waals surface area (Å²) in [7, 11) is 0. The van der Waals surface area contributed by atoms with Crippen molar-refractivity contribution in [2.24, 2.45) is 4.99 Å². The fraction of sp³-hybridized carbons (Fsp3) is 0.0870. The molecular formula is C23H17BrF2N2. The lowest BCUT2D eigenvalue weighted by molar-refractivity contribution is 0.178. The number of hydrogen-bond donors (Lipinski definition) is 0. The number of alkyl halides is 3. The van der Waals surface area contributed by atoms with E-state index < -0.39 is 4.83 Å².